The van der Waals surface area contributed by atoms with Gasteiger partial charge in [0.2, 0.25) is 5.96 Å². The van der Waals surface area contributed by atoms with Crippen LogP contribution >= 0.6 is 0 Å². The maximum absolute atomic E-state index is 8.64. The minimum absolute atomic E-state index is 0.173. The lowest BCUT2D eigenvalue weighted by Gasteiger charge is -1.99. The number of hydrazine groups is 1. The molecule has 0 saturated heterocycles. The lowest BCUT2D eigenvalue weighted by molar-refractivity contribution is 0.958. The van der Waals surface area contributed by atoms with Crippen LogP contribution < -0.4 is 17.0 Å². The fourth-order valence-electron chi connectivity index (χ4n) is 0.961. The topological polar surface area (TPSA) is 100 Å². The second-order valence-electron chi connectivity index (χ2n) is 2.66. The maximum Gasteiger partial charge on any atom is 0.203 e. The van der Waals surface area contributed by atoms with Gasteiger partial charge in [0, 0.05) is 0 Å². The first-order valence-corrected chi connectivity index (χ1v) is 4.02. The van der Waals surface area contributed by atoms with Gasteiger partial charge in [-0.25, -0.2) is 10.8 Å². The standard InChI is InChI=1S/C9H11N5/c10-5-7-2-1-3-8(4-7)6-13-9(11)14-12/h1-4H,6,12H2,(H3,11,13,14). The van der Waals surface area contributed by atoms with Crippen molar-refractivity contribution in [2.45, 2.75) is 6.54 Å². The number of rotatable bonds is 2. The van der Waals surface area contributed by atoms with Crippen LogP contribution in [0, 0.1) is 11.3 Å². The van der Waals surface area contributed by atoms with E-state index in [1.807, 2.05) is 12.1 Å². The van der Waals surface area contributed by atoms with Crippen molar-refractivity contribution in [2.24, 2.45) is 16.6 Å². The third kappa shape index (κ3) is 2.77. The van der Waals surface area contributed by atoms with Gasteiger partial charge in [0.1, 0.15) is 0 Å². The normalized spacial score (nSPS) is 10.7. The van der Waals surface area contributed by atoms with E-state index in [4.69, 9.17) is 16.8 Å². The van der Waals surface area contributed by atoms with Crippen molar-refractivity contribution in [2.75, 3.05) is 0 Å². The van der Waals surface area contributed by atoms with Gasteiger partial charge in [-0.3, -0.25) is 5.43 Å². The summed E-state index contributed by atoms with van der Waals surface area (Å²) in [5.74, 6) is 5.21. The Bertz CT molecular complexity index is 377. The Labute approximate surface area is 82.0 Å². The predicted octanol–water partition coefficient (Wildman–Crippen LogP) is -0.164. The highest BCUT2D eigenvalue weighted by molar-refractivity contribution is 5.77. The molecule has 0 aromatic heterocycles. The Balaban J connectivity index is 2.73. The summed E-state index contributed by atoms with van der Waals surface area (Å²) in [6.45, 7) is 0.408. The Morgan fingerprint density at radius 1 is 1.57 bits per heavy atom. The molecular formula is C9H11N5. The molecule has 14 heavy (non-hydrogen) atoms. The number of benzene rings is 1. The first-order valence-electron chi connectivity index (χ1n) is 4.02. The zero-order chi connectivity index (χ0) is 10.4. The van der Waals surface area contributed by atoms with Crippen LogP contribution in [0.2, 0.25) is 0 Å². The van der Waals surface area contributed by atoms with Gasteiger partial charge in [0.25, 0.3) is 0 Å². The fraction of sp³-hybridized carbons (Fsp3) is 0.111. The largest absolute Gasteiger partial charge is 0.369 e. The monoisotopic (exact) mass is 189 g/mol. The van der Waals surface area contributed by atoms with Crippen LogP contribution in [-0.4, -0.2) is 5.96 Å². The highest BCUT2D eigenvalue weighted by Crippen LogP contribution is 2.04. The minimum atomic E-state index is 0.173. The fourth-order valence-corrected chi connectivity index (χ4v) is 0.961. The van der Waals surface area contributed by atoms with Crippen LogP contribution in [0.5, 0.6) is 0 Å². The van der Waals surface area contributed by atoms with E-state index in [1.165, 1.54) is 0 Å². The molecule has 0 radical (unpaired) electrons. The van der Waals surface area contributed by atoms with Gasteiger partial charge in [-0.2, -0.15) is 5.26 Å². The summed E-state index contributed by atoms with van der Waals surface area (Å²) in [6.07, 6.45) is 0. The van der Waals surface area contributed by atoms with E-state index in [9.17, 15) is 0 Å². The van der Waals surface area contributed by atoms with Crippen LogP contribution in [0.3, 0.4) is 0 Å². The summed E-state index contributed by atoms with van der Waals surface area (Å²) >= 11 is 0. The van der Waals surface area contributed by atoms with Crippen LogP contribution in [0.4, 0.5) is 0 Å². The second-order valence-corrected chi connectivity index (χ2v) is 2.66. The Morgan fingerprint density at radius 2 is 2.36 bits per heavy atom. The molecule has 5 heteroatoms. The summed E-state index contributed by atoms with van der Waals surface area (Å²) in [4.78, 5) is 3.94. The van der Waals surface area contributed by atoms with Gasteiger partial charge in [-0.1, -0.05) is 12.1 Å². The molecular weight excluding hydrogens is 178 g/mol. The molecule has 0 aliphatic rings. The molecule has 0 aliphatic carbocycles. The number of hydrogen-bond acceptors (Lipinski definition) is 3. The van der Waals surface area contributed by atoms with Gasteiger partial charge < -0.3 is 5.73 Å². The third-order valence-corrected chi connectivity index (χ3v) is 1.64. The van der Waals surface area contributed by atoms with Crippen molar-refractivity contribution in [1.29, 1.82) is 5.26 Å². The van der Waals surface area contributed by atoms with E-state index >= 15 is 0 Å². The predicted molar refractivity (Wildman–Crippen MR) is 53.8 cm³/mol. The van der Waals surface area contributed by atoms with Crippen molar-refractivity contribution in [3.05, 3.63) is 35.4 Å². The van der Waals surface area contributed by atoms with Crippen molar-refractivity contribution in [3.8, 4) is 6.07 Å². The molecule has 0 atom stereocenters. The molecule has 5 N–H and O–H groups in total. The number of guanidine groups is 1. The average molecular weight is 189 g/mol. The van der Waals surface area contributed by atoms with E-state index in [-0.39, 0.29) is 5.96 Å². The van der Waals surface area contributed by atoms with Crippen molar-refractivity contribution in [3.63, 3.8) is 0 Å². The Morgan fingerprint density at radius 3 is 3.00 bits per heavy atom. The molecule has 1 aromatic carbocycles. The van der Waals surface area contributed by atoms with Crippen molar-refractivity contribution in [1.82, 2.24) is 5.43 Å². The molecule has 0 amide bonds. The van der Waals surface area contributed by atoms with Crippen LogP contribution in [0.1, 0.15) is 11.1 Å². The molecule has 1 aromatic rings. The lowest BCUT2D eigenvalue weighted by Crippen LogP contribution is -2.37. The van der Waals surface area contributed by atoms with Gasteiger partial charge in [-0.05, 0) is 17.7 Å². The number of nitrogens with zero attached hydrogens (tertiary/aromatic N) is 2. The molecule has 1 rings (SSSR count). The van der Waals surface area contributed by atoms with Crippen molar-refractivity contribution < 1.29 is 0 Å². The van der Waals surface area contributed by atoms with Crippen LogP contribution in [0.25, 0.3) is 0 Å². The number of nitrogens with two attached hydrogens (primary N) is 2. The second kappa shape index (κ2) is 4.84. The molecule has 0 unspecified atom stereocenters. The van der Waals surface area contributed by atoms with Crippen molar-refractivity contribution >= 4 is 5.96 Å². The number of hydrogen-bond donors (Lipinski definition) is 3. The quantitative estimate of drug-likeness (QED) is 0.260. The molecule has 0 saturated carbocycles. The van der Waals surface area contributed by atoms with E-state index in [0.29, 0.717) is 12.1 Å². The number of nitriles is 1. The molecule has 0 aliphatic heterocycles. The Hall–Kier alpha value is -2.06. The summed E-state index contributed by atoms with van der Waals surface area (Å²) in [5.41, 5.74) is 9.09. The van der Waals surface area contributed by atoms with Crippen LogP contribution in [-0.2, 0) is 6.54 Å². The van der Waals surface area contributed by atoms with Gasteiger partial charge >= 0.3 is 0 Å². The molecule has 0 heterocycles. The van der Waals surface area contributed by atoms with Gasteiger partial charge in [-0.15, -0.1) is 0 Å². The van der Waals surface area contributed by atoms with E-state index < -0.39 is 0 Å². The van der Waals surface area contributed by atoms with E-state index in [1.54, 1.807) is 18.2 Å². The van der Waals surface area contributed by atoms with Gasteiger partial charge in [0.15, 0.2) is 0 Å². The Kier molecular flexibility index (Phi) is 3.47. The third-order valence-electron chi connectivity index (χ3n) is 1.64. The summed E-state index contributed by atoms with van der Waals surface area (Å²) in [6, 6.07) is 9.21. The zero-order valence-electron chi connectivity index (χ0n) is 7.57. The summed E-state index contributed by atoms with van der Waals surface area (Å²) < 4.78 is 0. The maximum atomic E-state index is 8.64. The number of nitrogens with one attached hydrogen (secondary N) is 1. The minimum Gasteiger partial charge on any atom is -0.369 e. The van der Waals surface area contributed by atoms with E-state index in [0.717, 1.165) is 5.56 Å². The zero-order valence-corrected chi connectivity index (χ0v) is 7.57. The smallest absolute Gasteiger partial charge is 0.203 e. The summed E-state index contributed by atoms with van der Waals surface area (Å²) in [7, 11) is 0. The SMILES string of the molecule is N#Cc1cccc(CN=C(N)NN)c1. The highest BCUT2D eigenvalue weighted by atomic mass is 15.3. The van der Waals surface area contributed by atoms with Gasteiger partial charge in [0.05, 0.1) is 18.2 Å². The van der Waals surface area contributed by atoms with Crippen LogP contribution in [0.15, 0.2) is 29.3 Å². The lowest BCUT2D eigenvalue weighted by atomic mass is 10.1. The molecule has 0 bridgehead atoms. The highest BCUT2D eigenvalue weighted by Gasteiger charge is 1.94. The first kappa shape index (κ1) is 10.0. The average Bonchev–Trinajstić information content (AvgIpc) is 2.26. The first-order chi connectivity index (χ1) is 6.76. The van der Waals surface area contributed by atoms with E-state index in [2.05, 4.69) is 10.4 Å². The molecule has 72 valence electrons. The summed E-state index contributed by atoms with van der Waals surface area (Å²) in [5, 5.41) is 8.64. The number of aliphatic imine (C=N–C) groups is 1. The molecule has 0 spiro atoms. The molecule has 0 fully saturated rings. The molecule has 5 nitrogen and oxygen atoms in total.